The van der Waals surface area contributed by atoms with Gasteiger partial charge in [-0.15, -0.1) is 10.2 Å². The van der Waals surface area contributed by atoms with Gasteiger partial charge in [-0.3, -0.25) is 4.79 Å². The molecule has 0 radical (unpaired) electrons. The summed E-state index contributed by atoms with van der Waals surface area (Å²) >= 11 is 0. The topological polar surface area (TPSA) is 137 Å². The molecule has 0 saturated carbocycles. The number of anilines is 3. The lowest BCUT2D eigenvalue weighted by Gasteiger charge is -2.23. The Bertz CT molecular complexity index is 1080. The number of carbonyl (C=O) groups is 1. The minimum absolute atomic E-state index is 0.0388. The monoisotopic (exact) mass is 404 g/mol. The summed E-state index contributed by atoms with van der Waals surface area (Å²) in [5.41, 5.74) is 8.47. The third kappa shape index (κ3) is 3.70. The van der Waals surface area contributed by atoms with E-state index in [-0.39, 0.29) is 17.6 Å². The Morgan fingerprint density at radius 1 is 1.20 bits per heavy atom. The number of hydrogen-bond acceptors (Lipinski definition) is 8. The summed E-state index contributed by atoms with van der Waals surface area (Å²) in [7, 11) is -1.56. The first-order valence-electron chi connectivity index (χ1n) is 9.55. The summed E-state index contributed by atoms with van der Waals surface area (Å²) < 4.78 is 0. The van der Waals surface area contributed by atoms with Crippen molar-refractivity contribution in [3.63, 3.8) is 0 Å². The molecule has 3 aromatic rings. The zero-order valence-electron chi connectivity index (χ0n) is 16.4. The molecular weight excluding hydrogens is 383 g/mol. The Kier molecular flexibility index (Phi) is 5.34. The number of nitrogens with zero attached hydrogens (tertiary/aromatic N) is 4. The summed E-state index contributed by atoms with van der Waals surface area (Å²) in [6.07, 6.45) is 0.594. The van der Waals surface area contributed by atoms with Gasteiger partial charge in [0.1, 0.15) is 0 Å². The van der Waals surface area contributed by atoms with Crippen LogP contribution < -0.4 is 21.4 Å². The number of benzene rings is 2. The molecule has 1 atom stereocenters. The van der Waals surface area contributed by atoms with E-state index in [2.05, 4.69) is 20.5 Å². The summed E-state index contributed by atoms with van der Waals surface area (Å²) in [4.78, 5) is 18.2. The minimum atomic E-state index is -1.56. The summed E-state index contributed by atoms with van der Waals surface area (Å²) in [6, 6.07) is 14.9. The molecule has 0 spiro atoms. The molecule has 2 heterocycles. The van der Waals surface area contributed by atoms with Crippen LogP contribution in [0.2, 0.25) is 0 Å². The van der Waals surface area contributed by atoms with Crippen LogP contribution in [0.15, 0.2) is 48.5 Å². The quantitative estimate of drug-likeness (QED) is 0.432. The van der Waals surface area contributed by atoms with E-state index in [1.807, 2.05) is 48.2 Å². The maximum Gasteiger partial charge on any atom is 0.488 e. The van der Waals surface area contributed by atoms with Crippen molar-refractivity contribution < 1.29 is 14.8 Å². The molecule has 0 aliphatic carbocycles. The molecule has 0 saturated heterocycles. The van der Waals surface area contributed by atoms with Gasteiger partial charge < -0.3 is 26.0 Å². The zero-order valence-corrected chi connectivity index (χ0v) is 16.4. The Labute approximate surface area is 173 Å². The van der Waals surface area contributed by atoms with Crippen molar-refractivity contribution in [2.24, 2.45) is 5.73 Å². The molecule has 10 heteroatoms. The first kappa shape index (κ1) is 19.8. The molecule has 30 heavy (non-hydrogen) atoms. The van der Waals surface area contributed by atoms with Gasteiger partial charge >= 0.3 is 7.12 Å². The number of hydrogen-bond donors (Lipinski definition) is 4. The largest absolute Gasteiger partial charge is 0.488 e. The lowest BCUT2D eigenvalue weighted by atomic mass is 9.76. The predicted octanol–water partition coefficient (Wildman–Crippen LogP) is 0.345. The molecule has 5 N–H and O–H groups in total. The van der Waals surface area contributed by atoms with Crippen molar-refractivity contribution in [3.8, 4) is 0 Å². The Hall–Kier alpha value is -3.50. The van der Waals surface area contributed by atoms with E-state index in [0.717, 1.165) is 16.8 Å². The number of nitrogens with two attached hydrogens (primary N) is 1. The fourth-order valence-corrected chi connectivity index (χ4v) is 3.70. The van der Waals surface area contributed by atoms with Gasteiger partial charge in [0.15, 0.2) is 11.5 Å². The lowest BCUT2D eigenvalue weighted by Crippen LogP contribution is -2.32. The van der Waals surface area contributed by atoms with Crippen molar-refractivity contribution in [1.29, 1.82) is 0 Å². The Morgan fingerprint density at radius 3 is 2.67 bits per heavy atom. The van der Waals surface area contributed by atoms with Crippen LogP contribution >= 0.6 is 0 Å². The van der Waals surface area contributed by atoms with E-state index in [0.29, 0.717) is 24.4 Å². The number of aromatic nitrogens is 3. The van der Waals surface area contributed by atoms with E-state index in [1.54, 1.807) is 12.1 Å². The van der Waals surface area contributed by atoms with Crippen LogP contribution in [0.25, 0.3) is 0 Å². The molecule has 1 aromatic heterocycles. The fraction of sp³-hybridized carbons (Fsp3) is 0.200. The van der Waals surface area contributed by atoms with Gasteiger partial charge in [-0.1, -0.05) is 42.5 Å². The highest BCUT2D eigenvalue weighted by atomic mass is 16.4. The molecule has 0 bridgehead atoms. The van der Waals surface area contributed by atoms with Crippen LogP contribution in [-0.4, -0.2) is 44.3 Å². The molecule has 2 aromatic carbocycles. The van der Waals surface area contributed by atoms with E-state index in [9.17, 15) is 14.8 Å². The van der Waals surface area contributed by atoms with E-state index < -0.39 is 13.0 Å². The van der Waals surface area contributed by atoms with Crippen molar-refractivity contribution in [3.05, 3.63) is 65.4 Å². The SMILES string of the molecule is CC1Cc2c(B(O)O)cccc2N1c1nnc(C(N)=O)c(NCc2ccccc2)n1. The smallest absolute Gasteiger partial charge is 0.423 e. The van der Waals surface area contributed by atoms with E-state index in [1.165, 1.54) is 0 Å². The van der Waals surface area contributed by atoms with Gasteiger partial charge in [-0.2, -0.15) is 4.98 Å². The van der Waals surface area contributed by atoms with E-state index in [4.69, 9.17) is 5.73 Å². The van der Waals surface area contributed by atoms with Crippen molar-refractivity contribution in [2.45, 2.75) is 25.9 Å². The third-order valence-electron chi connectivity index (χ3n) is 5.09. The maximum absolute atomic E-state index is 11.8. The molecule has 152 valence electrons. The zero-order chi connectivity index (χ0) is 21.3. The molecular formula is C20H21BN6O3. The lowest BCUT2D eigenvalue weighted by molar-refractivity contribution is 0.0995. The van der Waals surface area contributed by atoms with Gasteiger partial charge in [0.25, 0.3) is 11.9 Å². The van der Waals surface area contributed by atoms with Gasteiger partial charge in [0.05, 0.1) is 0 Å². The van der Waals surface area contributed by atoms with Gasteiger partial charge in [-0.25, -0.2) is 0 Å². The normalized spacial score (nSPS) is 15.0. The predicted molar refractivity (Wildman–Crippen MR) is 114 cm³/mol. The van der Waals surface area contributed by atoms with Crippen molar-refractivity contribution in [1.82, 2.24) is 15.2 Å². The van der Waals surface area contributed by atoms with Gasteiger partial charge in [-0.05, 0) is 36.0 Å². The molecule has 1 amide bonds. The van der Waals surface area contributed by atoms with Crippen LogP contribution in [0.3, 0.4) is 0 Å². The second-order valence-electron chi connectivity index (χ2n) is 7.15. The number of primary amides is 1. The van der Waals surface area contributed by atoms with Gasteiger partial charge in [0.2, 0.25) is 0 Å². The highest BCUT2D eigenvalue weighted by Crippen LogP contribution is 2.36. The van der Waals surface area contributed by atoms with E-state index >= 15 is 0 Å². The first-order chi connectivity index (χ1) is 14.5. The van der Waals surface area contributed by atoms with Crippen LogP contribution in [0.4, 0.5) is 17.5 Å². The van der Waals surface area contributed by atoms with Gasteiger partial charge in [0, 0.05) is 18.3 Å². The summed E-state index contributed by atoms with van der Waals surface area (Å²) in [5, 5.41) is 30.6. The number of fused-ring (bicyclic) bond motifs is 1. The minimum Gasteiger partial charge on any atom is -0.423 e. The Balaban J connectivity index is 1.70. The highest BCUT2D eigenvalue weighted by Gasteiger charge is 2.33. The molecule has 9 nitrogen and oxygen atoms in total. The molecule has 0 fully saturated rings. The number of carbonyl (C=O) groups excluding carboxylic acids is 1. The molecule has 1 aliphatic rings. The fourth-order valence-electron chi connectivity index (χ4n) is 3.70. The van der Waals surface area contributed by atoms with Crippen LogP contribution in [0, 0.1) is 0 Å². The standard InChI is InChI=1S/C20H21BN6O3/c1-12-10-14-15(21(29)30)8-5-9-16(14)27(12)20-24-19(17(18(22)28)25-26-20)23-11-13-6-3-2-4-7-13/h2-9,12,29-30H,10-11H2,1H3,(H2,22,28)(H,23,24,26). The average molecular weight is 404 g/mol. The number of rotatable bonds is 6. The average Bonchev–Trinajstić information content (AvgIpc) is 3.08. The Morgan fingerprint density at radius 2 is 1.97 bits per heavy atom. The van der Waals surface area contributed by atoms with Crippen molar-refractivity contribution in [2.75, 3.05) is 10.2 Å². The van der Waals surface area contributed by atoms with Crippen LogP contribution in [0.5, 0.6) is 0 Å². The third-order valence-corrected chi connectivity index (χ3v) is 5.09. The van der Waals surface area contributed by atoms with Crippen LogP contribution in [0.1, 0.15) is 28.5 Å². The number of amides is 1. The van der Waals surface area contributed by atoms with Crippen LogP contribution in [-0.2, 0) is 13.0 Å². The second kappa shape index (κ2) is 8.09. The highest BCUT2D eigenvalue weighted by molar-refractivity contribution is 6.59. The first-order valence-corrected chi connectivity index (χ1v) is 9.55. The molecule has 4 rings (SSSR count). The second-order valence-corrected chi connectivity index (χ2v) is 7.15. The summed E-state index contributed by atoms with van der Waals surface area (Å²) in [6.45, 7) is 2.42. The summed E-state index contributed by atoms with van der Waals surface area (Å²) in [5.74, 6) is -0.181. The maximum atomic E-state index is 11.8. The number of nitrogens with one attached hydrogen (secondary N) is 1. The molecule has 1 unspecified atom stereocenters. The van der Waals surface area contributed by atoms with Crippen molar-refractivity contribution >= 4 is 35.9 Å². The molecule has 1 aliphatic heterocycles.